The zero-order chi connectivity index (χ0) is 14.8. The van der Waals surface area contributed by atoms with E-state index in [9.17, 15) is 0 Å². The lowest BCUT2D eigenvalue weighted by atomic mass is 9.65. The monoisotopic (exact) mass is 402 g/mol. The predicted octanol–water partition coefficient (Wildman–Crippen LogP) is 3.29. The maximum Gasteiger partial charge on any atom is 0.194 e. The number of likely N-dealkylation sites (tertiary alicyclic amines) is 1. The Morgan fingerprint density at radius 2 is 2.05 bits per heavy atom. The lowest BCUT2D eigenvalue weighted by Crippen LogP contribution is -2.72. The molecule has 0 amide bonds. The summed E-state index contributed by atoms with van der Waals surface area (Å²) in [4.78, 5) is 11.4. The van der Waals surface area contributed by atoms with Gasteiger partial charge in [0, 0.05) is 30.2 Å². The van der Waals surface area contributed by atoms with Gasteiger partial charge in [0.15, 0.2) is 5.96 Å². The number of nitrogens with one attached hydrogen (secondary N) is 1. The molecule has 0 bridgehead atoms. The summed E-state index contributed by atoms with van der Waals surface area (Å²) in [5, 5.41) is 3.40. The molecule has 5 heteroatoms. The molecule has 1 saturated heterocycles. The van der Waals surface area contributed by atoms with Crippen molar-refractivity contribution in [2.75, 3.05) is 13.1 Å². The molecular weight excluding hydrogens is 375 g/mol. The smallest absolute Gasteiger partial charge is 0.194 e. The van der Waals surface area contributed by atoms with Crippen LogP contribution in [0.1, 0.15) is 40.3 Å². The normalized spacial score (nSPS) is 19.5. The highest BCUT2D eigenvalue weighted by Gasteiger charge is 2.53. The first-order chi connectivity index (χ1) is 9.38. The second-order valence-electron chi connectivity index (χ2n) is 6.52. The van der Waals surface area contributed by atoms with Gasteiger partial charge < -0.3 is 10.2 Å². The van der Waals surface area contributed by atoms with Crippen LogP contribution < -0.4 is 5.32 Å². The Hall–Kier alpha value is -0.850. The molecule has 1 aliphatic heterocycles. The first-order valence-electron chi connectivity index (χ1n) is 7.34. The van der Waals surface area contributed by atoms with Crippen LogP contribution in [0.15, 0.2) is 29.4 Å². The highest BCUT2D eigenvalue weighted by atomic mass is 127. The minimum atomic E-state index is 0. The van der Waals surface area contributed by atoms with Crippen molar-refractivity contribution in [2.24, 2.45) is 10.4 Å². The summed E-state index contributed by atoms with van der Waals surface area (Å²) in [5.74, 6) is 0.988. The predicted molar refractivity (Wildman–Crippen MR) is 99.0 cm³/mol. The molecule has 21 heavy (non-hydrogen) atoms. The minimum Gasteiger partial charge on any atom is -0.356 e. The molecule has 1 aromatic heterocycles. The molecule has 0 spiro atoms. The summed E-state index contributed by atoms with van der Waals surface area (Å²) in [6.07, 6.45) is 1.81. The van der Waals surface area contributed by atoms with E-state index in [1.807, 2.05) is 24.4 Å². The molecule has 2 rings (SSSR count). The van der Waals surface area contributed by atoms with Gasteiger partial charge in [-0.15, -0.1) is 24.0 Å². The van der Waals surface area contributed by atoms with E-state index in [-0.39, 0.29) is 29.5 Å². The third kappa shape index (κ3) is 3.67. The number of aromatic nitrogens is 1. The van der Waals surface area contributed by atoms with Gasteiger partial charge in [-0.05, 0) is 32.9 Å². The number of nitrogens with zero attached hydrogens (tertiary/aromatic N) is 3. The van der Waals surface area contributed by atoms with Crippen molar-refractivity contribution in [3.8, 4) is 0 Å². The number of guanidine groups is 1. The van der Waals surface area contributed by atoms with Gasteiger partial charge >= 0.3 is 0 Å². The Kier molecular flexibility index (Phi) is 6.01. The maximum atomic E-state index is 4.74. The van der Waals surface area contributed by atoms with E-state index in [0.29, 0.717) is 12.0 Å². The van der Waals surface area contributed by atoms with Crippen molar-refractivity contribution in [3.63, 3.8) is 0 Å². The second kappa shape index (κ2) is 6.94. The second-order valence-corrected chi connectivity index (χ2v) is 6.52. The average molecular weight is 402 g/mol. The van der Waals surface area contributed by atoms with Gasteiger partial charge in [0.2, 0.25) is 0 Å². The fourth-order valence-electron chi connectivity index (χ4n) is 2.44. The third-order valence-electron chi connectivity index (χ3n) is 4.59. The molecule has 118 valence electrons. The molecule has 0 aromatic carbocycles. The van der Waals surface area contributed by atoms with Crippen LogP contribution in [0.25, 0.3) is 0 Å². The molecule has 0 unspecified atom stereocenters. The lowest BCUT2D eigenvalue weighted by molar-refractivity contribution is -0.0667. The van der Waals surface area contributed by atoms with Crippen molar-refractivity contribution in [1.82, 2.24) is 15.2 Å². The van der Waals surface area contributed by atoms with E-state index in [0.717, 1.165) is 24.7 Å². The van der Waals surface area contributed by atoms with Crippen LogP contribution in [-0.2, 0) is 6.54 Å². The number of hydrogen-bond donors (Lipinski definition) is 1. The standard InChI is InChI=1S/C16H26N4.HI/c1-6-17-14(19-11-13-9-7-8-10-18-13)20-12-15(2,3)16(20,4)5;/h7-10H,6,11-12H2,1-5H3,(H,17,19);1H. The Morgan fingerprint density at radius 1 is 1.33 bits per heavy atom. The molecule has 1 N–H and O–H groups in total. The number of halogens is 1. The summed E-state index contributed by atoms with van der Waals surface area (Å²) in [7, 11) is 0. The van der Waals surface area contributed by atoms with Crippen LogP contribution >= 0.6 is 24.0 Å². The summed E-state index contributed by atoms with van der Waals surface area (Å²) < 4.78 is 0. The number of aliphatic imine (C=N–C) groups is 1. The van der Waals surface area contributed by atoms with Crippen molar-refractivity contribution in [2.45, 2.75) is 46.7 Å². The molecule has 0 atom stereocenters. The van der Waals surface area contributed by atoms with E-state index < -0.39 is 0 Å². The summed E-state index contributed by atoms with van der Waals surface area (Å²) >= 11 is 0. The van der Waals surface area contributed by atoms with Crippen LogP contribution in [0.3, 0.4) is 0 Å². The summed E-state index contributed by atoms with van der Waals surface area (Å²) in [6, 6.07) is 5.94. The van der Waals surface area contributed by atoms with E-state index in [4.69, 9.17) is 4.99 Å². The highest BCUT2D eigenvalue weighted by molar-refractivity contribution is 14.0. The molecule has 0 radical (unpaired) electrons. The molecule has 0 saturated carbocycles. The minimum absolute atomic E-state index is 0. The largest absolute Gasteiger partial charge is 0.356 e. The van der Waals surface area contributed by atoms with Gasteiger partial charge in [-0.2, -0.15) is 0 Å². The highest BCUT2D eigenvalue weighted by Crippen LogP contribution is 2.46. The fourth-order valence-corrected chi connectivity index (χ4v) is 2.44. The SMILES string of the molecule is CCNC(=NCc1ccccn1)N1CC(C)(C)C1(C)C.I. The Labute approximate surface area is 145 Å². The quantitative estimate of drug-likeness (QED) is 0.479. The van der Waals surface area contributed by atoms with Crippen molar-refractivity contribution < 1.29 is 0 Å². The van der Waals surface area contributed by atoms with Crippen LogP contribution in [0.4, 0.5) is 0 Å². The maximum absolute atomic E-state index is 4.74. The van der Waals surface area contributed by atoms with Gasteiger partial charge in [-0.25, -0.2) is 4.99 Å². The van der Waals surface area contributed by atoms with Gasteiger partial charge in [0.25, 0.3) is 0 Å². The number of pyridine rings is 1. The zero-order valence-electron chi connectivity index (χ0n) is 13.7. The Bertz CT molecular complexity index is 482. The zero-order valence-corrected chi connectivity index (χ0v) is 16.0. The molecular formula is C16H27IN4. The summed E-state index contributed by atoms with van der Waals surface area (Å²) in [6.45, 7) is 13.8. The topological polar surface area (TPSA) is 40.5 Å². The van der Waals surface area contributed by atoms with E-state index in [1.165, 1.54) is 0 Å². The van der Waals surface area contributed by atoms with Crippen LogP contribution in [0.2, 0.25) is 0 Å². The van der Waals surface area contributed by atoms with E-state index >= 15 is 0 Å². The van der Waals surface area contributed by atoms with E-state index in [1.54, 1.807) is 0 Å². The van der Waals surface area contributed by atoms with Crippen molar-refractivity contribution >= 4 is 29.9 Å². The average Bonchev–Trinajstić information content (AvgIpc) is 2.42. The molecule has 1 aliphatic rings. The molecule has 4 nitrogen and oxygen atoms in total. The van der Waals surface area contributed by atoms with Gasteiger partial charge in [-0.1, -0.05) is 19.9 Å². The molecule has 0 aliphatic carbocycles. The van der Waals surface area contributed by atoms with Gasteiger partial charge in [-0.3, -0.25) is 4.98 Å². The molecule has 2 heterocycles. The van der Waals surface area contributed by atoms with Gasteiger partial charge in [0.1, 0.15) is 0 Å². The Balaban J connectivity index is 0.00000220. The van der Waals surface area contributed by atoms with Crippen LogP contribution in [-0.4, -0.2) is 34.5 Å². The Morgan fingerprint density at radius 3 is 2.52 bits per heavy atom. The number of hydrogen-bond acceptors (Lipinski definition) is 2. The molecule has 1 fully saturated rings. The van der Waals surface area contributed by atoms with Crippen LogP contribution in [0, 0.1) is 5.41 Å². The lowest BCUT2D eigenvalue weighted by Gasteiger charge is -2.62. The summed E-state index contributed by atoms with van der Waals surface area (Å²) in [5.41, 5.74) is 1.44. The van der Waals surface area contributed by atoms with Crippen LogP contribution in [0.5, 0.6) is 0 Å². The number of rotatable bonds is 3. The molecule has 1 aromatic rings. The van der Waals surface area contributed by atoms with Crippen molar-refractivity contribution in [1.29, 1.82) is 0 Å². The first-order valence-corrected chi connectivity index (χ1v) is 7.34. The van der Waals surface area contributed by atoms with E-state index in [2.05, 4.69) is 49.8 Å². The first kappa shape index (κ1) is 18.2. The van der Waals surface area contributed by atoms with Gasteiger partial charge in [0.05, 0.1) is 12.2 Å². The third-order valence-corrected chi connectivity index (χ3v) is 4.59. The van der Waals surface area contributed by atoms with Crippen molar-refractivity contribution in [3.05, 3.63) is 30.1 Å². The fraction of sp³-hybridized carbons (Fsp3) is 0.625.